The topological polar surface area (TPSA) is 58.1 Å². The highest BCUT2D eigenvalue weighted by atomic mass is 79.9. The summed E-state index contributed by atoms with van der Waals surface area (Å²) in [4.78, 5) is 25.8. The Bertz CT molecular complexity index is 1050. The van der Waals surface area contributed by atoms with Crippen LogP contribution in [0.2, 0.25) is 0 Å². The van der Waals surface area contributed by atoms with Crippen molar-refractivity contribution in [1.29, 1.82) is 0 Å². The lowest BCUT2D eigenvalue weighted by atomic mass is 10.1. The average Bonchev–Trinajstić information content (AvgIpc) is 3.24. The molecular formula is C21H23BrN4OS. The molecule has 0 radical (unpaired) electrons. The molecule has 3 aromatic rings. The van der Waals surface area contributed by atoms with E-state index in [0.29, 0.717) is 12.5 Å². The van der Waals surface area contributed by atoms with E-state index in [1.165, 1.54) is 17.0 Å². The third-order valence-corrected chi connectivity index (χ3v) is 6.98. The van der Waals surface area contributed by atoms with Crippen molar-refractivity contribution in [3.63, 3.8) is 0 Å². The molecule has 1 atom stereocenters. The van der Waals surface area contributed by atoms with Crippen molar-refractivity contribution in [1.82, 2.24) is 15.3 Å². The van der Waals surface area contributed by atoms with Gasteiger partial charge in [-0.05, 0) is 56.9 Å². The highest BCUT2D eigenvalue weighted by Crippen LogP contribution is 2.31. The number of aryl methyl sites for hydroxylation is 3. The Hall–Kier alpha value is -1.99. The zero-order chi connectivity index (χ0) is 19.8. The molecule has 7 heteroatoms. The number of nitrogens with one attached hydrogen (secondary N) is 1. The van der Waals surface area contributed by atoms with Gasteiger partial charge in [0.2, 0.25) is 0 Å². The molecule has 1 aliphatic heterocycles. The maximum atomic E-state index is 12.8. The number of rotatable bonds is 4. The van der Waals surface area contributed by atoms with Gasteiger partial charge in [-0.1, -0.05) is 22.0 Å². The monoisotopic (exact) mass is 458 g/mol. The minimum Gasteiger partial charge on any atom is -0.371 e. The molecule has 1 N–H and O–H groups in total. The summed E-state index contributed by atoms with van der Waals surface area (Å²) in [7, 11) is 0. The molecule has 0 saturated carbocycles. The molecule has 1 aromatic carbocycles. The summed E-state index contributed by atoms with van der Waals surface area (Å²) in [6.45, 7) is 8.54. The first-order valence-electron chi connectivity index (χ1n) is 9.45. The Morgan fingerprint density at radius 3 is 2.93 bits per heavy atom. The number of aromatic nitrogens is 2. The van der Waals surface area contributed by atoms with Crippen LogP contribution < -0.4 is 10.2 Å². The molecule has 1 unspecified atom stereocenters. The molecule has 5 nitrogen and oxygen atoms in total. The molecule has 146 valence electrons. The van der Waals surface area contributed by atoms with Crippen LogP contribution in [0.5, 0.6) is 0 Å². The smallest absolute Gasteiger partial charge is 0.261 e. The first-order chi connectivity index (χ1) is 13.4. The van der Waals surface area contributed by atoms with E-state index in [0.717, 1.165) is 56.2 Å². The third kappa shape index (κ3) is 3.78. The molecule has 2 aromatic heterocycles. The Morgan fingerprint density at radius 2 is 2.14 bits per heavy atom. The van der Waals surface area contributed by atoms with Gasteiger partial charge in [0, 0.05) is 40.9 Å². The van der Waals surface area contributed by atoms with Crippen LogP contribution in [-0.4, -0.2) is 35.5 Å². The fourth-order valence-corrected chi connectivity index (χ4v) is 5.50. The van der Waals surface area contributed by atoms with Gasteiger partial charge in [0.15, 0.2) is 0 Å². The maximum absolute atomic E-state index is 12.8. The molecule has 0 spiro atoms. The van der Waals surface area contributed by atoms with Gasteiger partial charge in [0.05, 0.1) is 4.88 Å². The number of carbonyl (C=O) groups is 1. The summed E-state index contributed by atoms with van der Waals surface area (Å²) in [5.41, 5.74) is 3.15. The summed E-state index contributed by atoms with van der Waals surface area (Å²) in [6, 6.07) is 8.38. The van der Waals surface area contributed by atoms with E-state index in [4.69, 9.17) is 0 Å². The summed E-state index contributed by atoms with van der Waals surface area (Å²) < 4.78 is 1.09. The van der Waals surface area contributed by atoms with Crippen molar-refractivity contribution < 1.29 is 4.79 Å². The van der Waals surface area contributed by atoms with E-state index < -0.39 is 0 Å². The SMILES string of the molecule is Cc1nc(C)c2c(C)c(C(=O)NCC3CCN(c4cccc(Br)c4)C3)sc2n1. The van der Waals surface area contributed by atoms with Gasteiger partial charge in [-0.15, -0.1) is 11.3 Å². The molecule has 1 saturated heterocycles. The molecule has 1 fully saturated rings. The molecule has 4 rings (SSSR count). The zero-order valence-corrected chi connectivity index (χ0v) is 18.7. The van der Waals surface area contributed by atoms with Crippen molar-refractivity contribution >= 4 is 49.1 Å². The van der Waals surface area contributed by atoms with Gasteiger partial charge in [0.1, 0.15) is 10.7 Å². The molecule has 1 amide bonds. The number of thiophene rings is 1. The van der Waals surface area contributed by atoms with Crippen LogP contribution in [0.25, 0.3) is 10.2 Å². The van der Waals surface area contributed by atoms with Gasteiger partial charge in [-0.25, -0.2) is 9.97 Å². The van der Waals surface area contributed by atoms with E-state index in [1.807, 2.05) is 26.8 Å². The van der Waals surface area contributed by atoms with Gasteiger partial charge < -0.3 is 10.2 Å². The third-order valence-electron chi connectivity index (χ3n) is 5.30. The number of benzene rings is 1. The van der Waals surface area contributed by atoms with Crippen LogP contribution in [0, 0.1) is 26.7 Å². The fraction of sp³-hybridized carbons (Fsp3) is 0.381. The van der Waals surface area contributed by atoms with E-state index in [2.05, 4.69) is 54.3 Å². The largest absolute Gasteiger partial charge is 0.371 e. The number of nitrogens with zero attached hydrogens (tertiary/aromatic N) is 3. The maximum Gasteiger partial charge on any atom is 0.261 e. The van der Waals surface area contributed by atoms with Crippen molar-refractivity contribution in [2.75, 3.05) is 24.5 Å². The van der Waals surface area contributed by atoms with Crippen molar-refractivity contribution in [2.24, 2.45) is 5.92 Å². The molecular weight excluding hydrogens is 436 g/mol. The van der Waals surface area contributed by atoms with E-state index in [1.54, 1.807) is 0 Å². The lowest BCUT2D eigenvalue weighted by Crippen LogP contribution is -2.30. The van der Waals surface area contributed by atoms with E-state index in [9.17, 15) is 4.79 Å². The van der Waals surface area contributed by atoms with Crippen molar-refractivity contribution in [3.8, 4) is 0 Å². The molecule has 28 heavy (non-hydrogen) atoms. The summed E-state index contributed by atoms with van der Waals surface area (Å²) in [6.07, 6.45) is 1.09. The predicted octanol–water partition coefficient (Wildman–Crippen LogP) is 4.64. The Labute approximate surface area is 177 Å². The number of fused-ring (bicyclic) bond motifs is 1. The van der Waals surface area contributed by atoms with E-state index >= 15 is 0 Å². The van der Waals surface area contributed by atoms with Crippen molar-refractivity contribution in [2.45, 2.75) is 27.2 Å². The number of hydrogen-bond donors (Lipinski definition) is 1. The van der Waals surface area contributed by atoms with E-state index in [-0.39, 0.29) is 5.91 Å². The standard InChI is InChI=1S/C21H23BrN4OS/c1-12-18-13(2)24-14(3)25-21(18)28-19(12)20(27)23-10-15-7-8-26(11-15)17-6-4-5-16(22)9-17/h4-6,9,15H,7-8,10-11H2,1-3H3,(H,23,27). The molecule has 1 aliphatic rings. The number of amides is 1. The van der Waals surface area contributed by atoms with Gasteiger partial charge in [0.25, 0.3) is 5.91 Å². The molecule has 0 aliphatic carbocycles. The van der Waals surface area contributed by atoms with Gasteiger partial charge in [-0.3, -0.25) is 4.79 Å². The Balaban J connectivity index is 1.42. The Kier molecular flexibility index (Phi) is 5.38. The van der Waals surface area contributed by atoms with Crippen LogP contribution in [-0.2, 0) is 0 Å². The minimum absolute atomic E-state index is 0.00143. The van der Waals surface area contributed by atoms with Crippen LogP contribution in [0.3, 0.4) is 0 Å². The fourth-order valence-electron chi connectivity index (χ4n) is 3.91. The van der Waals surface area contributed by atoms with Crippen LogP contribution >= 0.6 is 27.3 Å². The number of halogens is 1. The lowest BCUT2D eigenvalue weighted by molar-refractivity contribution is 0.0952. The second-order valence-corrected chi connectivity index (χ2v) is 9.30. The number of hydrogen-bond acceptors (Lipinski definition) is 5. The number of anilines is 1. The summed E-state index contributed by atoms with van der Waals surface area (Å²) in [5, 5.41) is 4.16. The van der Waals surface area contributed by atoms with Crippen LogP contribution in [0.4, 0.5) is 5.69 Å². The first-order valence-corrected chi connectivity index (χ1v) is 11.1. The Morgan fingerprint density at radius 1 is 1.32 bits per heavy atom. The minimum atomic E-state index is -0.00143. The lowest BCUT2D eigenvalue weighted by Gasteiger charge is -2.19. The predicted molar refractivity (Wildman–Crippen MR) is 118 cm³/mol. The highest BCUT2D eigenvalue weighted by molar-refractivity contribution is 9.10. The first kappa shape index (κ1) is 19.3. The van der Waals surface area contributed by atoms with Crippen LogP contribution in [0.1, 0.15) is 33.2 Å². The van der Waals surface area contributed by atoms with Gasteiger partial charge in [-0.2, -0.15) is 0 Å². The summed E-state index contributed by atoms with van der Waals surface area (Å²) >= 11 is 5.00. The van der Waals surface area contributed by atoms with Gasteiger partial charge >= 0.3 is 0 Å². The second-order valence-electron chi connectivity index (χ2n) is 7.38. The van der Waals surface area contributed by atoms with Crippen molar-refractivity contribution in [3.05, 3.63) is 50.7 Å². The summed E-state index contributed by atoms with van der Waals surface area (Å²) in [5.74, 6) is 1.21. The quantitative estimate of drug-likeness (QED) is 0.618. The average molecular weight is 459 g/mol. The molecule has 3 heterocycles. The zero-order valence-electron chi connectivity index (χ0n) is 16.3. The van der Waals surface area contributed by atoms with Crippen LogP contribution in [0.15, 0.2) is 28.7 Å². The molecule has 0 bridgehead atoms. The second kappa shape index (κ2) is 7.79. The highest BCUT2D eigenvalue weighted by Gasteiger charge is 2.24. The number of carbonyl (C=O) groups excluding carboxylic acids is 1. The normalized spacial score (nSPS) is 16.7.